The van der Waals surface area contributed by atoms with Crippen LogP contribution >= 0.6 is 22.9 Å². The number of hydrogen-bond donors (Lipinski definition) is 0. The summed E-state index contributed by atoms with van der Waals surface area (Å²) in [4.78, 5) is 13.4. The average Bonchev–Trinajstić information content (AvgIpc) is 2.82. The van der Waals surface area contributed by atoms with E-state index in [1.807, 2.05) is 19.1 Å². The second kappa shape index (κ2) is 5.63. The number of benzene rings is 1. The van der Waals surface area contributed by atoms with Gasteiger partial charge in [-0.25, -0.2) is 4.39 Å². The number of ketones is 1. The summed E-state index contributed by atoms with van der Waals surface area (Å²) in [5.74, 6) is -0.277. The fraction of sp³-hybridized carbons (Fsp3) is 0.214. The van der Waals surface area contributed by atoms with Crippen molar-refractivity contribution in [3.63, 3.8) is 0 Å². The summed E-state index contributed by atoms with van der Waals surface area (Å²) in [5.41, 5.74) is 0.835. The molecule has 0 aliphatic carbocycles. The number of hydrogen-bond acceptors (Lipinski definition) is 2. The first-order valence-corrected chi connectivity index (χ1v) is 6.89. The fourth-order valence-electron chi connectivity index (χ4n) is 1.64. The average molecular weight is 283 g/mol. The number of thiophene rings is 1. The van der Waals surface area contributed by atoms with E-state index < -0.39 is 5.82 Å². The van der Waals surface area contributed by atoms with E-state index in [0.717, 1.165) is 21.7 Å². The van der Waals surface area contributed by atoms with Crippen LogP contribution in [0.1, 0.15) is 29.4 Å². The number of halogens is 2. The van der Waals surface area contributed by atoms with E-state index in [1.165, 1.54) is 17.4 Å². The monoisotopic (exact) mass is 282 g/mol. The van der Waals surface area contributed by atoms with Crippen LogP contribution in [0.15, 0.2) is 30.3 Å². The highest BCUT2D eigenvalue weighted by atomic mass is 35.5. The van der Waals surface area contributed by atoms with Gasteiger partial charge in [0.05, 0.1) is 9.90 Å². The fourth-order valence-corrected chi connectivity index (χ4v) is 2.79. The first kappa shape index (κ1) is 13.2. The lowest BCUT2D eigenvalue weighted by molar-refractivity contribution is 0.0985. The van der Waals surface area contributed by atoms with Crippen LogP contribution in [0.2, 0.25) is 5.02 Å². The van der Waals surface area contributed by atoms with Crippen molar-refractivity contribution in [1.29, 1.82) is 0 Å². The highest BCUT2D eigenvalue weighted by Gasteiger charge is 2.10. The van der Waals surface area contributed by atoms with Crippen LogP contribution in [-0.4, -0.2) is 5.78 Å². The van der Waals surface area contributed by atoms with Crippen molar-refractivity contribution in [2.75, 3.05) is 0 Å². The summed E-state index contributed by atoms with van der Waals surface area (Å²) in [6, 6.07) is 8.27. The Morgan fingerprint density at radius 3 is 2.78 bits per heavy atom. The van der Waals surface area contributed by atoms with Gasteiger partial charge in [-0.3, -0.25) is 4.79 Å². The van der Waals surface area contributed by atoms with Crippen LogP contribution in [0.3, 0.4) is 0 Å². The molecular formula is C14H12ClFOS. The minimum atomic E-state index is -0.431. The Labute approximate surface area is 114 Å². The highest BCUT2D eigenvalue weighted by molar-refractivity contribution is 7.17. The molecule has 2 aromatic rings. The molecule has 0 fully saturated rings. The molecule has 18 heavy (non-hydrogen) atoms. The zero-order valence-electron chi connectivity index (χ0n) is 9.87. The number of carbonyl (C=O) groups excluding carboxylic acids is 1. The molecule has 0 N–H and O–H groups in total. The van der Waals surface area contributed by atoms with Gasteiger partial charge in [-0.15, -0.1) is 11.3 Å². The van der Waals surface area contributed by atoms with E-state index in [0.29, 0.717) is 6.42 Å². The normalized spacial score (nSPS) is 10.6. The van der Waals surface area contributed by atoms with E-state index in [4.69, 9.17) is 11.6 Å². The lowest BCUT2D eigenvalue weighted by Crippen LogP contribution is -1.93. The maximum absolute atomic E-state index is 13.1. The summed E-state index contributed by atoms with van der Waals surface area (Å²) in [5, 5.41) is 0.0994. The molecule has 4 heteroatoms. The van der Waals surface area contributed by atoms with Gasteiger partial charge in [-0.2, -0.15) is 0 Å². The smallest absolute Gasteiger partial charge is 0.172 e. The third kappa shape index (κ3) is 2.79. The Morgan fingerprint density at radius 2 is 2.11 bits per heavy atom. The molecule has 0 aliphatic heterocycles. The van der Waals surface area contributed by atoms with Crippen molar-refractivity contribution < 1.29 is 9.18 Å². The third-order valence-electron chi connectivity index (χ3n) is 2.56. The molecule has 0 atom stereocenters. The zero-order valence-corrected chi connectivity index (χ0v) is 11.4. The Bertz CT molecular complexity index is 577. The van der Waals surface area contributed by atoms with Gasteiger partial charge in [0.1, 0.15) is 5.82 Å². The molecule has 2 rings (SSSR count). The van der Waals surface area contributed by atoms with Crippen molar-refractivity contribution in [2.24, 2.45) is 0 Å². The predicted octanol–water partition coefficient (Wildman–Crippen LogP) is 5.19. The van der Waals surface area contributed by atoms with Crippen LogP contribution in [0.25, 0.3) is 10.4 Å². The van der Waals surface area contributed by atoms with E-state index in [1.54, 1.807) is 12.1 Å². The standard InChI is InChI=1S/C14H12ClFOS/c1-2-3-12(17)14-7-6-13(18-14)9-4-5-11(16)10(15)8-9/h4-8H,2-3H2,1H3. The van der Waals surface area contributed by atoms with Crippen LogP contribution < -0.4 is 0 Å². The van der Waals surface area contributed by atoms with Crippen molar-refractivity contribution in [3.05, 3.63) is 46.0 Å². The quantitative estimate of drug-likeness (QED) is 0.705. The van der Waals surface area contributed by atoms with Gasteiger partial charge in [0.25, 0.3) is 0 Å². The van der Waals surface area contributed by atoms with E-state index in [2.05, 4.69) is 0 Å². The van der Waals surface area contributed by atoms with Crippen LogP contribution in [0.5, 0.6) is 0 Å². The molecule has 0 bridgehead atoms. The maximum Gasteiger partial charge on any atom is 0.172 e. The molecular weight excluding hydrogens is 271 g/mol. The van der Waals surface area contributed by atoms with Gasteiger partial charge in [0.15, 0.2) is 5.78 Å². The first-order chi connectivity index (χ1) is 8.61. The Balaban J connectivity index is 2.29. The van der Waals surface area contributed by atoms with Crippen molar-refractivity contribution in [2.45, 2.75) is 19.8 Å². The highest BCUT2D eigenvalue weighted by Crippen LogP contribution is 2.31. The second-order valence-electron chi connectivity index (χ2n) is 3.97. The minimum absolute atomic E-state index is 0.0994. The van der Waals surface area contributed by atoms with Gasteiger partial charge in [0.2, 0.25) is 0 Å². The van der Waals surface area contributed by atoms with Crippen molar-refractivity contribution in [1.82, 2.24) is 0 Å². The third-order valence-corrected chi connectivity index (χ3v) is 4.03. The Kier molecular flexibility index (Phi) is 4.15. The second-order valence-corrected chi connectivity index (χ2v) is 5.46. The zero-order chi connectivity index (χ0) is 13.1. The maximum atomic E-state index is 13.1. The summed E-state index contributed by atoms with van der Waals surface area (Å²) in [6.45, 7) is 1.98. The van der Waals surface area contributed by atoms with Gasteiger partial charge >= 0.3 is 0 Å². The lowest BCUT2D eigenvalue weighted by Gasteiger charge is -1.99. The molecule has 0 radical (unpaired) electrons. The number of rotatable bonds is 4. The van der Waals surface area contributed by atoms with Crippen molar-refractivity contribution >= 4 is 28.7 Å². The predicted molar refractivity (Wildman–Crippen MR) is 74.0 cm³/mol. The van der Waals surface area contributed by atoms with Gasteiger partial charge in [-0.1, -0.05) is 24.6 Å². The largest absolute Gasteiger partial charge is 0.293 e. The molecule has 0 unspecified atom stereocenters. The molecule has 0 aliphatic rings. The summed E-state index contributed by atoms with van der Waals surface area (Å²) in [7, 11) is 0. The first-order valence-electron chi connectivity index (χ1n) is 5.70. The van der Waals surface area contributed by atoms with E-state index in [9.17, 15) is 9.18 Å². The SMILES string of the molecule is CCCC(=O)c1ccc(-c2ccc(F)c(Cl)c2)s1. The number of Topliss-reactive ketones (excluding diaryl/α,β-unsaturated/α-hetero) is 1. The van der Waals surface area contributed by atoms with Crippen LogP contribution in [-0.2, 0) is 0 Å². The molecule has 0 saturated carbocycles. The minimum Gasteiger partial charge on any atom is -0.293 e. The molecule has 0 saturated heterocycles. The van der Waals surface area contributed by atoms with Gasteiger partial charge in [-0.05, 0) is 36.2 Å². The summed E-state index contributed by atoms with van der Waals surface area (Å²) in [6.07, 6.45) is 1.40. The Morgan fingerprint density at radius 1 is 1.33 bits per heavy atom. The van der Waals surface area contributed by atoms with Gasteiger partial charge in [0, 0.05) is 11.3 Å². The summed E-state index contributed by atoms with van der Waals surface area (Å²) < 4.78 is 13.1. The van der Waals surface area contributed by atoms with Crippen LogP contribution in [0, 0.1) is 5.82 Å². The molecule has 94 valence electrons. The van der Waals surface area contributed by atoms with Gasteiger partial charge < -0.3 is 0 Å². The Hall–Kier alpha value is -1.19. The molecule has 1 aromatic carbocycles. The summed E-state index contributed by atoms with van der Waals surface area (Å²) >= 11 is 7.16. The number of carbonyl (C=O) groups is 1. The van der Waals surface area contributed by atoms with E-state index in [-0.39, 0.29) is 10.8 Å². The topological polar surface area (TPSA) is 17.1 Å². The molecule has 1 nitrogen and oxygen atoms in total. The van der Waals surface area contributed by atoms with E-state index >= 15 is 0 Å². The molecule has 1 heterocycles. The molecule has 0 amide bonds. The molecule has 0 spiro atoms. The van der Waals surface area contributed by atoms with Crippen LogP contribution in [0.4, 0.5) is 4.39 Å². The molecule has 1 aromatic heterocycles. The van der Waals surface area contributed by atoms with Crippen molar-refractivity contribution in [3.8, 4) is 10.4 Å². The lowest BCUT2D eigenvalue weighted by atomic mass is 10.2.